The van der Waals surface area contributed by atoms with Crippen LogP contribution in [-0.2, 0) is 19.4 Å². The third-order valence-electron chi connectivity index (χ3n) is 3.40. The van der Waals surface area contributed by atoms with E-state index in [-0.39, 0.29) is 6.04 Å². The smallest absolute Gasteiger partial charge is 0.0850 e. The van der Waals surface area contributed by atoms with E-state index < -0.39 is 0 Å². The van der Waals surface area contributed by atoms with Gasteiger partial charge in [0.1, 0.15) is 0 Å². The standard InChI is InChI=1S/C14H21ClN4S/c1-4-10-14(15)12(19(5-2)18-10)8-11(17-16)13-7-6-9(3)20-13/h6-7,11,17H,4-5,8,16H2,1-3H3. The van der Waals surface area contributed by atoms with Gasteiger partial charge in [0.2, 0.25) is 0 Å². The minimum atomic E-state index is 0.0675. The fourth-order valence-electron chi connectivity index (χ4n) is 2.29. The van der Waals surface area contributed by atoms with Gasteiger partial charge in [0, 0.05) is 22.7 Å². The normalized spacial score (nSPS) is 12.8. The highest BCUT2D eigenvalue weighted by Crippen LogP contribution is 2.29. The molecule has 0 aliphatic heterocycles. The lowest BCUT2D eigenvalue weighted by molar-refractivity contribution is 0.522. The molecule has 0 radical (unpaired) electrons. The Bertz CT molecular complexity index is 576. The molecule has 110 valence electrons. The van der Waals surface area contributed by atoms with Crippen LogP contribution in [0.5, 0.6) is 0 Å². The van der Waals surface area contributed by atoms with Crippen LogP contribution < -0.4 is 11.3 Å². The number of hydrogen-bond acceptors (Lipinski definition) is 4. The van der Waals surface area contributed by atoms with Crippen molar-refractivity contribution in [3.8, 4) is 0 Å². The van der Waals surface area contributed by atoms with Crippen molar-refractivity contribution < 1.29 is 0 Å². The van der Waals surface area contributed by atoms with Crippen molar-refractivity contribution in [1.29, 1.82) is 0 Å². The third-order valence-corrected chi connectivity index (χ3v) is 4.95. The molecule has 4 nitrogen and oxygen atoms in total. The largest absolute Gasteiger partial charge is 0.271 e. The number of aryl methyl sites for hydroxylation is 3. The van der Waals surface area contributed by atoms with Crippen LogP contribution in [0.25, 0.3) is 0 Å². The first-order chi connectivity index (χ1) is 9.60. The molecule has 2 rings (SSSR count). The van der Waals surface area contributed by atoms with Crippen molar-refractivity contribution in [3.63, 3.8) is 0 Å². The molecule has 0 amide bonds. The molecule has 0 bridgehead atoms. The van der Waals surface area contributed by atoms with E-state index in [0.717, 1.165) is 35.8 Å². The second-order valence-electron chi connectivity index (χ2n) is 4.75. The van der Waals surface area contributed by atoms with E-state index in [2.05, 4.69) is 43.4 Å². The maximum atomic E-state index is 6.45. The van der Waals surface area contributed by atoms with Crippen LogP contribution in [0.4, 0.5) is 0 Å². The Balaban J connectivity index is 2.29. The fraction of sp³-hybridized carbons (Fsp3) is 0.500. The van der Waals surface area contributed by atoms with E-state index >= 15 is 0 Å². The van der Waals surface area contributed by atoms with Crippen LogP contribution in [0.1, 0.15) is 41.0 Å². The molecule has 1 atom stereocenters. The second kappa shape index (κ2) is 6.72. The summed E-state index contributed by atoms with van der Waals surface area (Å²) in [5, 5.41) is 5.33. The molecule has 0 saturated carbocycles. The summed E-state index contributed by atoms with van der Waals surface area (Å²) in [6.45, 7) is 7.06. The van der Waals surface area contributed by atoms with Gasteiger partial charge in [0.05, 0.1) is 22.5 Å². The van der Waals surface area contributed by atoms with E-state index in [4.69, 9.17) is 17.4 Å². The van der Waals surface area contributed by atoms with Crippen molar-refractivity contribution in [2.24, 2.45) is 5.84 Å². The predicted molar refractivity (Wildman–Crippen MR) is 85.1 cm³/mol. The van der Waals surface area contributed by atoms with Gasteiger partial charge in [-0.2, -0.15) is 5.10 Å². The lowest BCUT2D eigenvalue weighted by Crippen LogP contribution is -2.29. The summed E-state index contributed by atoms with van der Waals surface area (Å²) in [4.78, 5) is 2.51. The molecule has 3 N–H and O–H groups in total. The summed E-state index contributed by atoms with van der Waals surface area (Å²) in [6.07, 6.45) is 1.59. The van der Waals surface area contributed by atoms with Gasteiger partial charge in [0.15, 0.2) is 0 Å². The molecule has 0 fully saturated rings. The van der Waals surface area contributed by atoms with Gasteiger partial charge in [-0.25, -0.2) is 0 Å². The summed E-state index contributed by atoms with van der Waals surface area (Å²) in [7, 11) is 0. The molecule has 0 spiro atoms. The number of rotatable bonds is 6. The van der Waals surface area contributed by atoms with Crippen LogP contribution >= 0.6 is 22.9 Å². The second-order valence-corrected chi connectivity index (χ2v) is 6.45. The zero-order chi connectivity index (χ0) is 14.7. The van der Waals surface area contributed by atoms with Crippen molar-refractivity contribution in [2.45, 2.75) is 46.2 Å². The minimum absolute atomic E-state index is 0.0675. The highest BCUT2D eigenvalue weighted by molar-refractivity contribution is 7.12. The summed E-state index contributed by atoms with van der Waals surface area (Å²) in [5.41, 5.74) is 4.91. The quantitative estimate of drug-likeness (QED) is 0.636. The summed E-state index contributed by atoms with van der Waals surface area (Å²) < 4.78 is 1.98. The van der Waals surface area contributed by atoms with E-state index in [1.165, 1.54) is 9.75 Å². The Hall–Kier alpha value is -0.880. The van der Waals surface area contributed by atoms with Gasteiger partial charge in [-0.05, 0) is 32.4 Å². The number of halogens is 1. The van der Waals surface area contributed by atoms with Gasteiger partial charge in [0.25, 0.3) is 0 Å². The van der Waals surface area contributed by atoms with E-state index in [9.17, 15) is 0 Å². The Morgan fingerprint density at radius 2 is 2.20 bits per heavy atom. The SMILES string of the molecule is CCc1nn(CC)c(CC(NN)c2ccc(C)s2)c1Cl. The van der Waals surface area contributed by atoms with Gasteiger partial charge < -0.3 is 0 Å². The van der Waals surface area contributed by atoms with Crippen LogP contribution in [0.3, 0.4) is 0 Å². The van der Waals surface area contributed by atoms with E-state index in [1.807, 2.05) is 4.68 Å². The Morgan fingerprint density at radius 1 is 1.45 bits per heavy atom. The Kier molecular flexibility index (Phi) is 5.21. The number of hydrazine groups is 1. The average molecular weight is 313 g/mol. The minimum Gasteiger partial charge on any atom is -0.271 e. The van der Waals surface area contributed by atoms with Crippen molar-refractivity contribution in [2.75, 3.05) is 0 Å². The fourth-order valence-corrected chi connectivity index (χ4v) is 3.57. The van der Waals surface area contributed by atoms with Gasteiger partial charge in [-0.1, -0.05) is 18.5 Å². The van der Waals surface area contributed by atoms with Crippen LogP contribution in [-0.4, -0.2) is 9.78 Å². The Labute approximate surface area is 128 Å². The maximum Gasteiger partial charge on any atom is 0.0850 e. The lowest BCUT2D eigenvalue weighted by atomic mass is 10.1. The molecule has 0 saturated heterocycles. The number of nitrogens with two attached hydrogens (primary N) is 1. The number of nitrogens with zero attached hydrogens (tertiary/aromatic N) is 2. The number of hydrogen-bond donors (Lipinski definition) is 2. The lowest BCUT2D eigenvalue weighted by Gasteiger charge is -2.15. The zero-order valence-electron chi connectivity index (χ0n) is 12.1. The summed E-state index contributed by atoms with van der Waals surface area (Å²) >= 11 is 8.21. The maximum absolute atomic E-state index is 6.45. The monoisotopic (exact) mass is 312 g/mol. The molecule has 0 aliphatic carbocycles. The van der Waals surface area contributed by atoms with Crippen molar-refractivity contribution in [1.82, 2.24) is 15.2 Å². The summed E-state index contributed by atoms with van der Waals surface area (Å²) in [6, 6.07) is 4.30. The number of aromatic nitrogens is 2. The van der Waals surface area contributed by atoms with Crippen LogP contribution in [0.2, 0.25) is 5.02 Å². The van der Waals surface area contributed by atoms with E-state index in [0.29, 0.717) is 0 Å². The van der Waals surface area contributed by atoms with Crippen molar-refractivity contribution >= 4 is 22.9 Å². The molecule has 1 unspecified atom stereocenters. The van der Waals surface area contributed by atoms with Crippen LogP contribution in [0.15, 0.2) is 12.1 Å². The number of nitrogens with one attached hydrogen (secondary N) is 1. The molecular weight excluding hydrogens is 292 g/mol. The summed E-state index contributed by atoms with van der Waals surface area (Å²) in [5.74, 6) is 5.73. The Morgan fingerprint density at radius 3 is 2.70 bits per heavy atom. The molecule has 20 heavy (non-hydrogen) atoms. The molecule has 2 heterocycles. The molecular formula is C14H21ClN4S. The average Bonchev–Trinajstić information content (AvgIpc) is 3.00. The first kappa shape index (κ1) is 15.5. The van der Waals surface area contributed by atoms with Gasteiger partial charge in [-0.15, -0.1) is 11.3 Å². The topological polar surface area (TPSA) is 55.9 Å². The highest BCUT2D eigenvalue weighted by Gasteiger charge is 2.20. The van der Waals surface area contributed by atoms with Crippen molar-refractivity contribution in [3.05, 3.63) is 38.3 Å². The molecule has 2 aromatic heterocycles. The molecule has 6 heteroatoms. The van der Waals surface area contributed by atoms with Crippen LogP contribution in [0, 0.1) is 6.92 Å². The zero-order valence-corrected chi connectivity index (χ0v) is 13.7. The first-order valence-electron chi connectivity index (χ1n) is 6.87. The third kappa shape index (κ3) is 3.06. The number of thiophene rings is 1. The molecule has 0 aliphatic rings. The molecule has 0 aromatic carbocycles. The van der Waals surface area contributed by atoms with E-state index in [1.54, 1.807) is 11.3 Å². The molecule has 2 aromatic rings. The van der Waals surface area contributed by atoms with Gasteiger partial charge in [-0.3, -0.25) is 16.0 Å². The highest BCUT2D eigenvalue weighted by atomic mass is 35.5. The predicted octanol–water partition coefficient (Wildman–Crippen LogP) is 3.24. The first-order valence-corrected chi connectivity index (χ1v) is 8.06. The van der Waals surface area contributed by atoms with Gasteiger partial charge >= 0.3 is 0 Å².